The lowest BCUT2D eigenvalue weighted by atomic mass is 10.2. The predicted molar refractivity (Wildman–Crippen MR) is 91.1 cm³/mol. The van der Waals surface area contributed by atoms with Crippen molar-refractivity contribution in [2.75, 3.05) is 5.32 Å². The molecule has 0 aliphatic heterocycles. The summed E-state index contributed by atoms with van der Waals surface area (Å²) < 4.78 is 0. The van der Waals surface area contributed by atoms with Crippen LogP contribution in [-0.4, -0.2) is 26.1 Å². The molecule has 0 spiro atoms. The highest BCUT2D eigenvalue weighted by atomic mass is 32.2. The van der Waals surface area contributed by atoms with Crippen LogP contribution >= 0.6 is 11.8 Å². The Hall–Kier alpha value is -2.67. The summed E-state index contributed by atoms with van der Waals surface area (Å²) in [7, 11) is 0. The number of amides is 1. The van der Waals surface area contributed by atoms with Crippen LogP contribution in [0.15, 0.2) is 54.5 Å². The van der Waals surface area contributed by atoms with Gasteiger partial charge in [0.05, 0.1) is 11.6 Å². The summed E-state index contributed by atoms with van der Waals surface area (Å²) in [4.78, 5) is 20.0. The highest BCUT2D eigenvalue weighted by molar-refractivity contribution is 7.98. The van der Waals surface area contributed by atoms with Gasteiger partial charge >= 0.3 is 0 Å². The van der Waals surface area contributed by atoms with Crippen molar-refractivity contribution in [2.24, 2.45) is 0 Å². The van der Waals surface area contributed by atoms with Crippen LogP contribution in [-0.2, 0) is 10.5 Å². The van der Waals surface area contributed by atoms with Crippen molar-refractivity contribution in [1.82, 2.24) is 20.2 Å². The van der Waals surface area contributed by atoms with Crippen molar-refractivity contribution in [2.45, 2.75) is 17.2 Å². The van der Waals surface area contributed by atoms with Crippen LogP contribution in [0.5, 0.6) is 0 Å². The normalized spacial score (nSPS) is 10.6. The number of thioether (sulfide) groups is 1. The van der Waals surface area contributed by atoms with E-state index in [2.05, 4.69) is 32.1 Å². The highest BCUT2D eigenvalue weighted by Gasteiger charge is 2.07. The molecule has 6 nitrogen and oxygen atoms in total. The van der Waals surface area contributed by atoms with Crippen LogP contribution in [0.2, 0.25) is 0 Å². The Morgan fingerprint density at radius 1 is 1.39 bits per heavy atom. The van der Waals surface area contributed by atoms with Crippen molar-refractivity contribution in [1.29, 1.82) is 0 Å². The third-order valence-electron chi connectivity index (χ3n) is 3.13. The monoisotopic (exact) mass is 325 g/mol. The number of aromatic amines is 1. The number of aromatic nitrogens is 4. The number of H-pyrrole nitrogens is 1. The molecule has 0 saturated carbocycles. The van der Waals surface area contributed by atoms with Gasteiger partial charge < -0.3 is 5.32 Å². The Balaban J connectivity index is 1.70. The van der Waals surface area contributed by atoms with Gasteiger partial charge in [0.25, 0.3) is 0 Å². The zero-order chi connectivity index (χ0) is 16.1. The number of nitrogens with zero attached hydrogens (tertiary/aromatic N) is 3. The molecule has 3 aromatic rings. The van der Waals surface area contributed by atoms with Crippen LogP contribution in [0.25, 0.3) is 11.0 Å². The maximum absolute atomic E-state index is 11.6. The molecule has 0 radical (unpaired) electrons. The molecule has 0 bridgehead atoms. The van der Waals surface area contributed by atoms with Crippen molar-refractivity contribution < 1.29 is 4.79 Å². The fourth-order valence-corrected chi connectivity index (χ4v) is 3.00. The standard InChI is InChI=1S/C16H15N5OS/c1-2-4-14(22)20-12-6-3-5-11(7-12)9-23-16-13-8-19-21-15(13)17-10-18-16/h2-3,5-8,10H,1,4,9H2,(H,20,22)(H,17,18,19,21). The molecule has 1 amide bonds. The van der Waals surface area contributed by atoms with E-state index in [1.54, 1.807) is 24.0 Å². The quantitative estimate of drug-likeness (QED) is 0.413. The van der Waals surface area contributed by atoms with E-state index in [0.717, 1.165) is 33.1 Å². The molecule has 2 N–H and O–H groups in total. The molecule has 23 heavy (non-hydrogen) atoms. The number of anilines is 1. The van der Waals surface area contributed by atoms with Gasteiger partial charge in [0.15, 0.2) is 5.65 Å². The zero-order valence-electron chi connectivity index (χ0n) is 12.3. The maximum atomic E-state index is 11.6. The lowest BCUT2D eigenvalue weighted by Gasteiger charge is -2.07. The molecule has 0 unspecified atom stereocenters. The average Bonchev–Trinajstić information content (AvgIpc) is 3.02. The topological polar surface area (TPSA) is 83.6 Å². The van der Waals surface area contributed by atoms with Crippen molar-refractivity contribution in [3.8, 4) is 0 Å². The van der Waals surface area contributed by atoms with Crippen molar-refractivity contribution in [3.05, 3.63) is 55.0 Å². The van der Waals surface area contributed by atoms with Gasteiger partial charge in [-0.25, -0.2) is 9.97 Å². The number of carbonyl (C=O) groups excluding carboxylic acids is 1. The van der Waals surface area contributed by atoms with Gasteiger partial charge in [0, 0.05) is 17.9 Å². The summed E-state index contributed by atoms with van der Waals surface area (Å²) >= 11 is 1.61. The van der Waals surface area contributed by atoms with Crippen LogP contribution in [0.1, 0.15) is 12.0 Å². The Morgan fingerprint density at radius 3 is 3.17 bits per heavy atom. The number of hydrogen-bond acceptors (Lipinski definition) is 5. The number of hydrogen-bond donors (Lipinski definition) is 2. The first-order valence-corrected chi connectivity index (χ1v) is 8.01. The lowest BCUT2D eigenvalue weighted by Crippen LogP contribution is -2.09. The van der Waals surface area contributed by atoms with Crippen molar-refractivity contribution >= 4 is 34.4 Å². The Bertz CT molecular complexity index is 845. The van der Waals surface area contributed by atoms with Gasteiger partial charge in [0.1, 0.15) is 11.4 Å². The number of benzene rings is 1. The minimum absolute atomic E-state index is 0.0688. The van der Waals surface area contributed by atoms with Gasteiger partial charge in [0.2, 0.25) is 5.91 Å². The summed E-state index contributed by atoms with van der Waals surface area (Å²) in [5.74, 6) is 0.670. The zero-order valence-corrected chi connectivity index (χ0v) is 13.1. The second-order valence-corrected chi connectivity index (χ2v) is 5.81. The number of fused-ring (bicyclic) bond motifs is 1. The SMILES string of the molecule is C=CCC(=O)Nc1cccc(CSc2ncnc3[nH]ncc23)c1. The van der Waals surface area contributed by atoms with Gasteiger partial charge in [-0.1, -0.05) is 18.2 Å². The van der Waals surface area contributed by atoms with E-state index in [1.165, 1.54) is 6.33 Å². The van der Waals surface area contributed by atoms with Crippen LogP contribution in [0, 0.1) is 0 Å². The second-order valence-electron chi connectivity index (χ2n) is 4.84. The van der Waals surface area contributed by atoms with Gasteiger partial charge in [-0.05, 0) is 17.7 Å². The summed E-state index contributed by atoms with van der Waals surface area (Å²) in [5, 5.41) is 11.5. The Kier molecular flexibility index (Phi) is 4.68. The molecule has 2 aromatic heterocycles. The molecule has 0 atom stereocenters. The van der Waals surface area contributed by atoms with E-state index in [4.69, 9.17) is 0 Å². The minimum Gasteiger partial charge on any atom is -0.326 e. The summed E-state index contributed by atoms with van der Waals surface area (Å²) in [6, 6.07) is 7.77. The molecule has 3 rings (SSSR count). The van der Waals surface area contributed by atoms with E-state index in [9.17, 15) is 4.79 Å². The minimum atomic E-state index is -0.0688. The first-order chi connectivity index (χ1) is 11.3. The molecule has 0 saturated heterocycles. The number of nitrogens with one attached hydrogen (secondary N) is 2. The predicted octanol–water partition coefficient (Wildman–Crippen LogP) is 3.16. The molecule has 116 valence electrons. The third-order valence-corrected chi connectivity index (χ3v) is 4.20. The lowest BCUT2D eigenvalue weighted by molar-refractivity contribution is -0.115. The molecule has 7 heteroatoms. The molecule has 0 fully saturated rings. The molecule has 1 aromatic carbocycles. The fourth-order valence-electron chi connectivity index (χ4n) is 2.09. The van der Waals surface area contributed by atoms with Crippen molar-refractivity contribution in [3.63, 3.8) is 0 Å². The van der Waals surface area contributed by atoms with Crippen LogP contribution in [0.3, 0.4) is 0 Å². The summed E-state index contributed by atoms with van der Waals surface area (Å²) in [5.41, 5.74) is 2.61. The Labute approximate surface area is 137 Å². The number of carbonyl (C=O) groups is 1. The Morgan fingerprint density at radius 2 is 2.30 bits per heavy atom. The van der Waals surface area contributed by atoms with Gasteiger partial charge in [-0.3, -0.25) is 9.89 Å². The molecular weight excluding hydrogens is 310 g/mol. The molecular formula is C16H15N5OS. The first-order valence-electron chi connectivity index (χ1n) is 7.03. The molecule has 2 heterocycles. The van der Waals surface area contributed by atoms with E-state index < -0.39 is 0 Å². The van der Waals surface area contributed by atoms with E-state index in [1.807, 2.05) is 24.3 Å². The summed E-state index contributed by atoms with van der Waals surface area (Å²) in [6.07, 6.45) is 5.14. The highest BCUT2D eigenvalue weighted by Crippen LogP contribution is 2.27. The van der Waals surface area contributed by atoms with E-state index >= 15 is 0 Å². The van der Waals surface area contributed by atoms with Crippen LogP contribution in [0.4, 0.5) is 5.69 Å². The van der Waals surface area contributed by atoms with Gasteiger partial charge in [-0.15, -0.1) is 18.3 Å². The first kappa shape index (κ1) is 15.2. The molecule has 0 aliphatic rings. The maximum Gasteiger partial charge on any atom is 0.228 e. The largest absolute Gasteiger partial charge is 0.326 e. The smallest absolute Gasteiger partial charge is 0.228 e. The fraction of sp³-hybridized carbons (Fsp3) is 0.125. The van der Waals surface area contributed by atoms with E-state index in [0.29, 0.717) is 6.42 Å². The summed E-state index contributed by atoms with van der Waals surface area (Å²) in [6.45, 7) is 3.56. The third kappa shape index (κ3) is 3.75. The molecule has 0 aliphatic carbocycles. The number of rotatable bonds is 6. The van der Waals surface area contributed by atoms with Crippen LogP contribution < -0.4 is 5.32 Å². The second kappa shape index (κ2) is 7.06. The average molecular weight is 325 g/mol. The van der Waals surface area contributed by atoms with E-state index in [-0.39, 0.29) is 5.91 Å². The van der Waals surface area contributed by atoms with Gasteiger partial charge in [-0.2, -0.15) is 5.10 Å².